The molecule has 154 valence electrons. The van der Waals surface area contributed by atoms with Crippen LogP contribution in [-0.2, 0) is 17.8 Å². The summed E-state index contributed by atoms with van der Waals surface area (Å²) in [4.78, 5) is 25.0. The lowest BCUT2D eigenvalue weighted by molar-refractivity contribution is -0.130. The molecule has 0 saturated carbocycles. The minimum atomic E-state index is 0. The summed E-state index contributed by atoms with van der Waals surface area (Å²) in [6.45, 7) is 8.00. The summed E-state index contributed by atoms with van der Waals surface area (Å²) in [7, 11) is 3.61. The molecular formula is C18H33IN6OS. The standard InChI is InChI=1S/C18H32N6OS.HI/c1-5-16-21-15(13-26-16)11-20-18(19-6-2)22-14-7-9-24(10-8-14)12-17(25)23(3)4;/h13-14H,5-12H2,1-4H3,(H2,19,20,22);1H. The number of likely N-dealkylation sites (tertiary alicyclic amines) is 1. The van der Waals surface area contributed by atoms with Crippen molar-refractivity contribution in [1.82, 2.24) is 25.4 Å². The van der Waals surface area contributed by atoms with E-state index in [1.165, 1.54) is 0 Å². The third kappa shape index (κ3) is 8.30. The number of hydrogen-bond acceptors (Lipinski definition) is 5. The highest BCUT2D eigenvalue weighted by Crippen LogP contribution is 2.12. The second-order valence-electron chi connectivity index (χ2n) is 6.76. The number of rotatable bonds is 7. The van der Waals surface area contributed by atoms with E-state index in [1.54, 1.807) is 16.2 Å². The molecule has 0 atom stereocenters. The molecule has 2 N–H and O–H groups in total. The molecule has 1 fully saturated rings. The number of carbonyl (C=O) groups is 1. The number of likely N-dealkylation sites (N-methyl/N-ethyl adjacent to an activating group) is 1. The van der Waals surface area contributed by atoms with Gasteiger partial charge in [0.15, 0.2) is 5.96 Å². The van der Waals surface area contributed by atoms with E-state index in [2.05, 4.69) is 44.7 Å². The Kier molecular flexibility index (Phi) is 11.2. The topological polar surface area (TPSA) is 72.9 Å². The summed E-state index contributed by atoms with van der Waals surface area (Å²) in [5.41, 5.74) is 1.03. The SMILES string of the molecule is CCNC(=NCc1csc(CC)n1)NC1CCN(CC(=O)N(C)C)CC1.I. The van der Waals surface area contributed by atoms with Crippen LogP contribution in [0, 0.1) is 0 Å². The van der Waals surface area contributed by atoms with Gasteiger partial charge in [0.05, 0.1) is 23.8 Å². The second kappa shape index (κ2) is 12.5. The highest BCUT2D eigenvalue weighted by atomic mass is 127. The fourth-order valence-electron chi connectivity index (χ4n) is 2.83. The van der Waals surface area contributed by atoms with Gasteiger partial charge < -0.3 is 15.5 Å². The molecule has 1 aromatic rings. The van der Waals surface area contributed by atoms with Crippen LogP contribution in [0.3, 0.4) is 0 Å². The van der Waals surface area contributed by atoms with Crippen LogP contribution in [0.4, 0.5) is 0 Å². The van der Waals surface area contributed by atoms with Gasteiger partial charge in [-0.1, -0.05) is 6.92 Å². The Morgan fingerprint density at radius 3 is 2.63 bits per heavy atom. The average Bonchev–Trinajstić information content (AvgIpc) is 3.09. The zero-order valence-electron chi connectivity index (χ0n) is 16.8. The van der Waals surface area contributed by atoms with Crippen molar-refractivity contribution < 1.29 is 4.79 Å². The quantitative estimate of drug-likeness (QED) is 0.335. The molecule has 9 heteroatoms. The molecule has 2 rings (SSSR count). The Morgan fingerprint density at radius 2 is 2.07 bits per heavy atom. The van der Waals surface area contributed by atoms with E-state index in [0.29, 0.717) is 19.1 Å². The minimum Gasteiger partial charge on any atom is -0.357 e. The van der Waals surface area contributed by atoms with Crippen LogP contribution in [0.25, 0.3) is 0 Å². The van der Waals surface area contributed by atoms with E-state index < -0.39 is 0 Å². The number of aromatic nitrogens is 1. The van der Waals surface area contributed by atoms with Crippen LogP contribution in [0.5, 0.6) is 0 Å². The van der Waals surface area contributed by atoms with Crippen LogP contribution in [-0.4, -0.2) is 73.0 Å². The van der Waals surface area contributed by atoms with Crippen LogP contribution in [0.2, 0.25) is 0 Å². The van der Waals surface area contributed by atoms with Gasteiger partial charge in [0.2, 0.25) is 5.91 Å². The summed E-state index contributed by atoms with van der Waals surface area (Å²) in [6.07, 6.45) is 3.01. The van der Waals surface area contributed by atoms with E-state index in [1.807, 2.05) is 14.1 Å². The summed E-state index contributed by atoms with van der Waals surface area (Å²) >= 11 is 1.70. The van der Waals surface area contributed by atoms with Crippen LogP contribution in [0.1, 0.15) is 37.4 Å². The maximum absolute atomic E-state index is 11.8. The van der Waals surface area contributed by atoms with Gasteiger partial charge in [-0.05, 0) is 26.2 Å². The molecule has 0 unspecified atom stereocenters. The number of guanidine groups is 1. The largest absolute Gasteiger partial charge is 0.357 e. The molecule has 7 nitrogen and oxygen atoms in total. The fraction of sp³-hybridized carbons (Fsp3) is 0.722. The Bertz CT molecular complexity index is 598. The number of nitrogens with zero attached hydrogens (tertiary/aromatic N) is 4. The monoisotopic (exact) mass is 508 g/mol. The molecule has 27 heavy (non-hydrogen) atoms. The van der Waals surface area contributed by atoms with E-state index in [0.717, 1.165) is 55.6 Å². The Hall–Kier alpha value is -0.940. The van der Waals surface area contributed by atoms with Gasteiger partial charge in [0.25, 0.3) is 0 Å². The lowest BCUT2D eigenvalue weighted by Crippen LogP contribution is -2.50. The third-order valence-electron chi connectivity index (χ3n) is 4.43. The maximum atomic E-state index is 11.8. The molecule has 2 heterocycles. The van der Waals surface area contributed by atoms with Gasteiger partial charge in [0, 0.05) is 45.2 Å². The number of amides is 1. The van der Waals surface area contributed by atoms with Crippen molar-refractivity contribution >= 4 is 47.2 Å². The number of halogens is 1. The lowest BCUT2D eigenvalue weighted by atomic mass is 10.1. The predicted octanol–water partition coefficient (Wildman–Crippen LogP) is 1.93. The fourth-order valence-corrected chi connectivity index (χ4v) is 3.56. The molecule has 1 aliphatic rings. The van der Waals surface area contributed by atoms with Crippen molar-refractivity contribution in [3.63, 3.8) is 0 Å². The van der Waals surface area contributed by atoms with Gasteiger partial charge in [-0.2, -0.15) is 0 Å². The Morgan fingerprint density at radius 1 is 1.37 bits per heavy atom. The smallest absolute Gasteiger partial charge is 0.236 e. The summed E-state index contributed by atoms with van der Waals surface area (Å²) in [6, 6.07) is 0.389. The molecule has 0 radical (unpaired) electrons. The minimum absolute atomic E-state index is 0. The summed E-state index contributed by atoms with van der Waals surface area (Å²) in [5, 5.41) is 10.1. The molecular weight excluding hydrogens is 475 g/mol. The van der Waals surface area contributed by atoms with E-state index in [4.69, 9.17) is 0 Å². The zero-order chi connectivity index (χ0) is 18.9. The predicted molar refractivity (Wildman–Crippen MR) is 123 cm³/mol. The first-order valence-corrected chi connectivity index (χ1v) is 10.3. The number of carbonyl (C=O) groups excluding carboxylic acids is 1. The van der Waals surface area contributed by atoms with Gasteiger partial charge >= 0.3 is 0 Å². The van der Waals surface area contributed by atoms with Crippen molar-refractivity contribution in [3.8, 4) is 0 Å². The molecule has 1 saturated heterocycles. The highest BCUT2D eigenvalue weighted by molar-refractivity contribution is 14.0. The van der Waals surface area contributed by atoms with Crippen molar-refractivity contribution in [1.29, 1.82) is 0 Å². The Balaban J connectivity index is 0.00000364. The van der Waals surface area contributed by atoms with Crippen LogP contribution < -0.4 is 10.6 Å². The van der Waals surface area contributed by atoms with Crippen molar-refractivity contribution in [2.75, 3.05) is 40.3 Å². The first-order valence-electron chi connectivity index (χ1n) is 9.42. The van der Waals surface area contributed by atoms with Crippen LogP contribution in [0.15, 0.2) is 10.4 Å². The van der Waals surface area contributed by atoms with E-state index in [9.17, 15) is 4.79 Å². The summed E-state index contributed by atoms with van der Waals surface area (Å²) < 4.78 is 0. The van der Waals surface area contributed by atoms with Crippen molar-refractivity contribution in [2.24, 2.45) is 4.99 Å². The first-order chi connectivity index (χ1) is 12.5. The van der Waals surface area contributed by atoms with E-state index >= 15 is 0 Å². The highest BCUT2D eigenvalue weighted by Gasteiger charge is 2.22. The number of thiazole rings is 1. The van der Waals surface area contributed by atoms with Crippen molar-refractivity contribution in [2.45, 2.75) is 45.7 Å². The first kappa shape index (κ1) is 24.1. The zero-order valence-corrected chi connectivity index (χ0v) is 20.0. The third-order valence-corrected chi connectivity index (χ3v) is 5.47. The van der Waals surface area contributed by atoms with Crippen molar-refractivity contribution in [3.05, 3.63) is 16.1 Å². The lowest BCUT2D eigenvalue weighted by Gasteiger charge is -2.33. The molecule has 1 aliphatic heterocycles. The molecule has 0 bridgehead atoms. The number of aliphatic imine (C=N–C) groups is 1. The number of hydrogen-bond donors (Lipinski definition) is 2. The van der Waals surface area contributed by atoms with Gasteiger partial charge in [-0.25, -0.2) is 9.98 Å². The molecule has 0 aliphatic carbocycles. The van der Waals surface area contributed by atoms with Crippen LogP contribution >= 0.6 is 35.3 Å². The van der Waals surface area contributed by atoms with Gasteiger partial charge in [-0.15, -0.1) is 35.3 Å². The maximum Gasteiger partial charge on any atom is 0.236 e. The Labute approximate surface area is 184 Å². The molecule has 1 aromatic heterocycles. The molecule has 0 spiro atoms. The average molecular weight is 508 g/mol. The number of aryl methyl sites for hydroxylation is 1. The molecule has 1 amide bonds. The van der Waals surface area contributed by atoms with Gasteiger partial charge in [-0.3, -0.25) is 9.69 Å². The number of nitrogens with one attached hydrogen (secondary N) is 2. The normalized spacial score (nSPS) is 15.9. The van der Waals surface area contributed by atoms with E-state index in [-0.39, 0.29) is 29.9 Å². The number of piperidine rings is 1. The molecule has 0 aromatic carbocycles. The second-order valence-corrected chi connectivity index (χ2v) is 7.71. The summed E-state index contributed by atoms with van der Waals surface area (Å²) in [5.74, 6) is 1.02. The van der Waals surface area contributed by atoms with Gasteiger partial charge in [0.1, 0.15) is 0 Å².